The van der Waals surface area contributed by atoms with E-state index in [0.717, 1.165) is 32.8 Å². The van der Waals surface area contributed by atoms with Crippen LogP contribution in [0.4, 0.5) is 13.9 Å². The van der Waals surface area contributed by atoms with Crippen molar-refractivity contribution in [2.24, 2.45) is 0 Å². The molecule has 2 heterocycles. The Balaban J connectivity index is 1.76. The molecule has 3 rings (SSSR count). The van der Waals surface area contributed by atoms with E-state index in [4.69, 9.17) is 0 Å². The lowest BCUT2D eigenvalue weighted by Gasteiger charge is -2.06. The summed E-state index contributed by atoms with van der Waals surface area (Å²) in [4.78, 5) is 5.12. The van der Waals surface area contributed by atoms with Gasteiger partial charge in [0.2, 0.25) is 10.0 Å². The minimum atomic E-state index is -3.86. The quantitative estimate of drug-likeness (QED) is 0.603. The highest BCUT2D eigenvalue weighted by Crippen LogP contribution is 2.32. The summed E-state index contributed by atoms with van der Waals surface area (Å²) < 4.78 is 54.0. The molecule has 1 N–H and O–H groups in total. The molecule has 0 spiro atoms. The van der Waals surface area contributed by atoms with Crippen molar-refractivity contribution in [1.29, 1.82) is 0 Å². The van der Waals surface area contributed by atoms with Gasteiger partial charge in [-0.2, -0.15) is 0 Å². The number of anilines is 1. The number of sulfonamides is 1. The van der Waals surface area contributed by atoms with Gasteiger partial charge in [-0.15, -0.1) is 22.7 Å². The molecule has 24 heavy (non-hydrogen) atoms. The van der Waals surface area contributed by atoms with Crippen LogP contribution < -0.4 is 4.72 Å². The van der Waals surface area contributed by atoms with E-state index in [1.807, 2.05) is 11.4 Å². The molecule has 3 aromatic rings. The van der Waals surface area contributed by atoms with Gasteiger partial charge < -0.3 is 0 Å². The third-order valence-electron chi connectivity index (χ3n) is 2.93. The van der Waals surface area contributed by atoms with E-state index in [9.17, 15) is 17.2 Å². The molecule has 0 saturated heterocycles. The summed E-state index contributed by atoms with van der Waals surface area (Å²) >= 11 is 5.96. The number of aromatic nitrogens is 1. The van der Waals surface area contributed by atoms with Crippen LogP contribution in [0, 0.1) is 11.6 Å². The van der Waals surface area contributed by atoms with Crippen LogP contribution in [0.25, 0.3) is 10.6 Å². The highest BCUT2D eigenvalue weighted by molar-refractivity contribution is 9.10. The fourth-order valence-electron chi connectivity index (χ4n) is 1.89. The first-order valence-corrected chi connectivity index (χ1v) is 10.7. The Morgan fingerprint density at radius 1 is 1.17 bits per heavy atom. The van der Waals surface area contributed by atoms with Gasteiger partial charge in [-0.3, -0.25) is 4.72 Å². The van der Waals surface area contributed by atoms with Crippen molar-refractivity contribution in [3.8, 4) is 10.6 Å². The molecule has 126 valence electrons. The Hall–Kier alpha value is -1.36. The Labute approximate surface area is 153 Å². The number of thiazole rings is 1. The van der Waals surface area contributed by atoms with E-state index in [1.54, 1.807) is 5.38 Å². The molecule has 10 heteroatoms. The predicted octanol–water partition coefficient (Wildman–Crippen LogP) is 4.85. The minimum absolute atomic E-state index is 0.108. The molecule has 0 amide bonds. The summed E-state index contributed by atoms with van der Waals surface area (Å²) in [5.41, 5.74) is 0.546. The first-order chi connectivity index (χ1) is 11.3. The average Bonchev–Trinajstić information content (AvgIpc) is 3.10. The lowest BCUT2D eigenvalue weighted by Crippen LogP contribution is -2.15. The van der Waals surface area contributed by atoms with Crippen LogP contribution in [-0.2, 0) is 15.8 Å². The van der Waals surface area contributed by atoms with Gasteiger partial charge in [0.15, 0.2) is 5.13 Å². The fraction of sp³-hybridized carbons (Fsp3) is 0.0714. The minimum Gasteiger partial charge on any atom is -0.258 e. The standard InChI is InChI=1S/C14H9BrF2N2O2S3/c15-9-3-13(22-5-9)12-6-23-14(18-12)19-24(20,21)7-8-1-2-10(16)4-11(8)17/h1-6H,7H2,(H,18,19). The van der Waals surface area contributed by atoms with Gasteiger partial charge >= 0.3 is 0 Å². The van der Waals surface area contributed by atoms with Gasteiger partial charge in [-0.1, -0.05) is 6.07 Å². The van der Waals surface area contributed by atoms with Gasteiger partial charge in [-0.05, 0) is 28.1 Å². The van der Waals surface area contributed by atoms with Gasteiger partial charge in [-0.25, -0.2) is 22.2 Å². The molecule has 0 saturated carbocycles. The van der Waals surface area contributed by atoms with E-state index in [2.05, 4.69) is 25.6 Å². The Morgan fingerprint density at radius 2 is 1.96 bits per heavy atom. The van der Waals surface area contributed by atoms with Crippen molar-refractivity contribution >= 4 is 53.8 Å². The van der Waals surface area contributed by atoms with Crippen LogP contribution in [0.2, 0.25) is 0 Å². The topological polar surface area (TPSA) is 59.1 Å². The van der Waals surface area contributed by atoms with Crippen LogP contribution in [0.1, 0.15) is 5.56 Å². The lowest BCUT2D eigenvalue weighted by molar-refractivity contribution is 0.570. The number of benzene rings is 1. The second kappa shape index (κ2) is 6.87. The summed E-state index contributed by atoms with van der Waals surface area (Å²) in [6.45, 7) is 0. The number of rotatable bonds is 5. The monoisotopic (exact) mass is 450 g/mol. The number of hydrogen-bond donors (Lipinski definition) is 1. The summed E-state index contributed by atoms with van der Waals surface area (Å²) in [6.07, 6.45) is 0. The molecule has 0 radical (unpaired) electrons. The Kier molecular flexibility index (Phi) is 5.00. The van der Waals surface area contributed by atoms with Crippen molar-refractivity contribution in [2.75, 3.05) is 4.72 Å². The zero-order valence-corrected chi connectivity index (χ0v) is 15.8. The van der Waals surface area contributed by atoms with Crippen molar-refractivity contribution < 1.29 is 17.2 Å². The second-order valence-electron chi connectivity index (χ2n) is 4.76. The molecule has 0 unspecified atom stereocenters. The lowest BCUT2D eigenvalue weighted by atomic mass is 10.2. The van der Waals surface area contributed by atoms with Crippen LogP contribution in [-0.4, -0.2) is 13.4 Å². The van der Waals surface area contributed by atoms with Gasteiger partial charge in [0.25, 0.3) is 0 Å². The zero-order valence-electron chi connectivity index (χ0n) is 11.8. The van der Waals surface area contributed by atoms with Gasteiger partial charge in [0.1, 0.15) is 11.6 Å². The third kappa shape index (κ3) is 4.18. The molecule has 0 atom stereocenters. The third-order valence-corrected chi connectivity index (χ3v) is 6.72. The van der Waals surface area contributed by atoms with E-state index in [0.29, 0.717) is 11.8 Å². The summed E-state index contributed by atoms with van der Waals surface area (Å²) in [5, 5.41) is 3.82. The molecule has 0 fully saturated rings. The number of nitrogens with one attached hydrogen (secondary N) is 1. The molecular weight excluding hydrogens is 442 g/mol. The molecule has 2 aromatic heterocycles. The SMILES string of the molecule is O=S(=O)(Cc1ccc(F)cc1F)Nc1nc(-c2cc(Br)cs2)cs1. The van der Waals surface area contributed by atoms with Crippen molar-refractivity contribution in [3.63, 3.8) is 0 Å². The van der Waals surface area contributed by atoms with Crippen LogP contribution >= 0.6 is 38.6 Å². The second-order valence-corrected chi connectivity index (χ2v) is 9.17. The number of halogens is 3. The highest BCUT2D eigenvalue weighted by atomic mass is 79.9. The van der Waals surface area contributed by atoms with E-state index in [1.165, 1.54) is 11.3 Å². The number of hydrogen-bond acceptors (Lipinski definition) is 5. The van der Waals surface area contributed by atoms with Crippen molar-refractivity contribution in [3.05, 3.63) is 56.7 Å². The summed E-state index contributed by atoms with van der Waals surface area (Å²) in [7, 11) is -3.86. The van der Waals surface area contributed by atoms with E-state index in [-0.39, 0.29) is 10.7 Å². The molecular formula is C14H9BrF2N2O2S3. The first-order valence-electron chi connectivity index (χ1n) is 6.47. The maximum atomic E-state index is 13.6. The average molecular weight is 451 g/mol. The predicted molar refractivity (Wildman–Crippen MR) is 95.7 cm³/mol. The molecule has 4 nitrogen and oxygen atoms in total. The molecule has 0 aliphatic heterocycles. The Morgan fingerprint density at radius 3 is 2.62 bits per heavy atom. The number of nitrogens with zero attached hydrogens (tertiary/aromatic N) is 1. The van der Waals surface area contributed by atoms with Crippen LogP contribution in [0.5, 0.6) is 0 Å². The fourth-order valence-corrected chi connectivity index (χ4v) is 5.51. The molecule has 0 bridgehead atoms. The normalized spacial score (nSPS) is 11.6. The van der Waals surface area contributed by atoms with Gasteiger partial charge in [0, 0.05) is 26.9 Å². The largest absolute Gasteiger partial charge is 0.258 e. The van der Waals surface area contributed by atoms with Crippen LogP contribution in [0.15, 0.2) is 39.5 Å². The maximum Gasteiger partial charge on any atom is 0.238 e. The van der Waals surface area contributed by atoms with Crippen LogP contribution in [0.3, 0.4) is 0 Å². The van der Waals surface area contributed by atoms with Crippen molar-refractivity contribution in [2.45, 2.75) is 5.75 Å². The maximum absolute atomic E-state index is 13.6. The summed E-state index contributed by atoms with van der Waals surface area (Å²) in [5.74, 6) is -2.25. The molecule has 0 aliphatic carbocycles. The van der Waals surface area contributed by atoms with Gasteiger partial charge in [0.05, 0.1) is 16.3 Å². The van der Waals surface area contributed by atoms with Crippen molar-refractivity contribution in [1.82, 2.24) is 4.98 Å². The Bertz CT molecular complexity index is 986. The first kappa shape index (κ1) is 17.5. The summed E-state index contributed by atoms with van der Waals surface area (Å²) in [6, 6.07) is 4.66. The smallest absolute Gasteiger partial charge is 0.238 e. The highest BCUT2D eigenvalue weighted by Gasteiger charge is 2.17. The molecule has 1 aromatic carbocycles. The zero-order chi connectivity index (χ0) is 17.3. The number of thiophene rings is 1. The molecule has 0 aliphatic rings. The van der Waals surface area contributed by atoms with E-state index >= 15 is 0 Å². The van der Waals surface area contributed by atoms with E-state index < -0.39 is 27.4 Å².